The third-order valence-electron chi connectivity index (χ3n) is 2.77. The van der Waals surface area contributed by atoms with Gasteiger partial charge < -0.3 is 4.57 Å². The maximum atomic E-state index is 11.5. The number of thiophene rings is 1. The number of aryl methyl sites for hydroxylation is 1. The van der Waals surface area contributed by atoms with E-state index in [-0.39, 0.29) is 17.3 Å². The zero-order valence-corrected chi connectivity index (χ0v) is 11.4. The van der Waals surface area contributed by atoms with Crippen LogP contribution in [0.2, 0.25) is 0 Å². The second-order valence-electron chi connectivity index (χ2n) is 3.96. The number of aromatic nitrogens is 2. The van der Waals surface area contributed by atoms with Crippen molar-refractivity contribution in [3.8, 4) is 12.1 Å². The van der Waals surface area contributed by atoms with E-state index in [2.05, 4.69) is 10.4 Å². The zero-order valence-electron chi connectivity index (χ0n) is 10.5. The van der Waals surface area contributed by atoms with Crippen molar-refractivity contribution in [1.82, 2.24) is 15.0 Å². The molecule has 0 atom stereocenters. The summed E-state index contributed by atoms with van der Waals surface area (Å²) in [6.07, 6.45) is 1.44. The van der Waals surface area contributed by atoms with Crippen molar-refractivity contribution in [2.75, 3.05) is 0 Å². The van der Waals surface area contributed by atoms with Crippen molar-refractivity contribution in [2.24, 2.45) is 5.84 Å². The van der Waals surface area contributed by atoms with Gasteiger partial charge in [0, 0.05) is 4.88 Å². The van der Waals surface area contributed by atoms with Crippen molar-refractivity contribution < 1.29 is 4.79 Å². The fourth-order valence-corrected chi connectivity index (χ4v) is 2.68. The molecule has 2 heterocycles. The minimum atomic E-state index is -0.354. The molecular weight excluding hydrogens is 276 g/mol. The molecule has 20 heavy (non-hydrogen) atoms. The summed E-state index contributed by atoms with van der Waals surface area (Å²) < 4.78 is 1.58. The minimum absolute atomic E-state index is 0.0975. The summed E-state index contributed by atoms with van der Waals surface area (Å²) in [7, 11) is 0. The van der Waals surface area contributed by atoms with E-state index < -0.39 is 0 Å². The van der Waals surface area contributed by atoms with Crippen LogP contribution in [0.5, 0.6) is 0 Å². The van der Waals surface area contributed by atoms with Crippen LogP contribution in [0.15, 0.2) is 12.4 Å². The SMILES string of the molecule is Cc1sc(C(=O)NN)cc1Cn1cnc(C#N)c1C#N. The molecule has 0 spiro atoms. The van der Waals surface area contributed by atoms with E-state index in [0.29, 0.717) is 11.4 Å². The number of rotatable bonds is 3. The predicted molar refractivity (Wildman–Crippen MR) is 71.5 cm³/mol. The molecule has 0 unspecified atom stereocenters. The molecular formula is C12H10N6OS. The fraction of sp³-hybridized carbons (Fsp3) is 0.167. The molecule has 0 bridgehead atoms. The van der Waals surface area contributed by atoms with Crippen LogP contribution in [0.4, 0.5) is 0 Å². The van der Waals surface area contributed by atoms with Crippen LogP contribution in [-0.4, -0.2) is 15.5 Å². The Kier molecular flexibility index (Phi) is 3.80. The molecule has 2 aromatic heterocycles. The van der Waals surface area contributed by atoms with Crippen LogP contribution in [0.3, 0.4) is 0 Å². The normalized spacial score (nSPS) is 9.80. The maximum Gasteiger partial charge on any atom is 0.275 e. The lowest BCUT2D eigenvalue weighted by atomic mass is 10.2. The van der Waals surface area contributed by atoms with Crippen molar-refractivity contribution >= 4 is 17.2 Å². The first-order valence-corrected chi connectivity index (χ1v) is 6.38. The summed E-state index contributed by atoms with van der Waals surface area (Å²) in [6.45, 7) is 2.25. The Labute approximate surface area is 118 Å². The molecule has 0 aliphatic heterocycles. The van der Waals surface area contributed by atoms with Gasteiger partial charge in [-0.2, -0.15) is 10.5 Å². The Morgan fingerprint density at radius 3 is 2.90 bits per heavy atom. The van der Waals surface area contributed by atoms with E-state index in [9.17, 15) is 4.79 Å². The van der Waals surface area contributed by atoms with Crippen LogP contribution in [0, 0.1) is 29.6 Å². The molecule has 0 saturated carbocycles. The number of carbonyl (C=O) groups is 1. The molecule has 0 aliphatic carbocycles. The number of imidazole rings is 1. The molecule has 2 aromatic rings. The molecule has 0 radical (unpaired) electrons. The van der Waals surface area contributed by atoms with Gasteiger partial charge in [-0.25, -0.2) is 10.8 Å². The zero-order chi connectivity index (χ0) is 14.7. The summed E-state index contributed by atoms with van der Waals surface area (Å²) in [5, 5.41) is 17.9. The molecule has 2 rings (SSSR count). The Bertz CT molecular complexity index is 745. The maximum absolute atomic E-state index is 11.5. The van der Waals surface area contributed by atoms with Crippen LogP contribution in [0.1, 0.15) is 31.5 Å². The van der Waals surface area contributed by atoms with Gasteiger partial charge in [-0.05, 0) is 18.6 Å². The molecule has 0 aliphatic rings. The number of nitrogens with zero attached hydrogens (tertiary/aromatic N) is 4. The summed E-state index contributed by atoms with van der Waals surface area (Å²) in [6, 6.07) is 5.54. The van der Waals surface area contributed by atoms with E-state index in [1.165, 1.54) is 17.7 Å². The van der Waals surface area contributed by atoms with Crippen LogP contribution in [0.25, 0.3) is 0 Å². The standard InChI is InChI=1S/C12H10N6OS/c1-7-8(2-11(20-7)12(19)17-15)5-18-6-16-9(3-13)10(18)4-14/h2,6H,5,15H2,1H3,(H,17,19). The molecule has 7 nitrogen and oxygen atoms in total. The molecule has 3 N–H and O–H groups in total. The Balaban J connectivity index is 2.34. The van der Waals surface area contributed by atoms with E-state index in [0.717, 1.165) is 10.4 Å². The molecule has 100 valence electrons. The van der Waals surface area contributed by atoms with Crippen molar-refractivity contribution in [3.63, 3.8) is 0 Å². The van der Waals surface area contributed by atoms with Gasteiger partial charge in [0.15, 0.2) is 11.4 Å². The smallest absolute Gasteiger partial charge is 0.275 e. The minimum Gasteiger partial charge on any atom is -0.317 e. The summed E-state index contributed by atoms with van der Waals surface area (Å²) in [5.41, 5.74) is 3.27. The predicted octanol–water partition coefficient (Wildman–Crippen LogP) is 0.648. The number of nitrogen functional groups attached to an aromatic ring is 1. The lowest BCUT2D eigenvalue weighted by molar-refractivity contribution is 0.0957. The Morgan fingerprint density at radius 2 is 2.30 bits per heavy atom. The number of carbonyl (C=O) groups excluding carboxylic acids is 1. The van der Waals surface area contributed by atoms with Gasteiger partial charge in [-0.15, -0.1) is 11.3 Å². The number of nitrogens with two attached hydrogens (primary N) is 1. The van der Waals surface area contributed by atoms with E-state index in [4.69, 9.17) is 16.4 Å². The van der Waals surface area contributed by atoms with Gasteiger partial charge in [0.05, 0.1) is 17.7 Å². The number of nitrogens with one attached hydrogen (secondary N) is 1. The number of nitriles is 2. The number of amides is 1. The number of hydrogen-bond acceptors (Lipinski definition) is 6. The van der Waals surface area contributed by atoms with Crippen molar-refractivity contribution in [3.05, 3.63) is 39.1 Å². The van der Waals surface area contributed by atoms with Crippen molar-refractivity contribution in [2.45, 2.75) is 13.5 Å². The third kappa shape index (κ3) is 2.38. The Morgan fingerprint density at radius 1 is 1.55 bits per heavy atom. The van der Waals surface area contributed by atoms with Gasteiger partial charge in [0.25, 0.3) is 5.91 Å². The van der Waals surface area contributed by atoms with Gasteiger partial charge >= 0.3 is 0 Å². The van der Waals surface area contributed by atoms with Gasteiger partial charge in [0.2, 0.25) is 0 Å². The largest absolute Gasteiger partial charge is 0.317 e. The highest BCUT2D eigenvalue weighted by molar-refractivity contribution is 7.14. The first kappa shape index (κ1) is 13.7. The molecule has 0 aromatic carbocycles. The van der Waals surface area contributed by atoms with E-state index in [1.807, 2.05) is 19.1 Å². The topological polar surface area (TPSA) is 121 Å². The van der Waals surface area contributed by atoms with Gasteiger partial charge in [0.1, 0.15) is 12.1 Å². The lowest BCUT2D eigenvalue weighted by Gasteiger charge is -2.02. The van der Waals surface area contributed by atoms with Gasteiger partial charge in [-0.1, -0.05) is 0 Å². The lowest BCUT2D eigenvalue weighted by Crippen LogP contribution is -2.29. The van der Waals surface area contributed by atoms with E-state index >= 15 is 0 Å². The van der Waals surface area contributed by atoms with Crippen molar-refractivity contribution in [1.29, 1.82) is 10.5 Å². The third-order valence-corrected chi connectivity index (χ3v) is 3.86. The number of hydrogen-bond donors (Lipinski definition) is 2. The average molecular weight is 286 g/mol. The highest BCUT2D eigenvalue weighted by Gasteiger charge is 2.15. The molecule has 0 saturated heterocycles. The van der Waals surface area contributed by atoms with E-state index in [1.54, 1.807) is 10.6 Å². The van der Waals surface area contributed by atoms with Crippen LogP contribution in [-0.2, 0) is 6.54 Å². The Hall–Kier alpha value is -2.68. The van der Waals surface area contributed by atoms with Gasteiger partial charge in [-0.3, -0.25) is 10.2 Å². The summed E-state index contributed by atoms with van der Waals surface area (Å²) in [4.78, 5) is 16.8. The molecule has 1 amide bonds. The van der Waals surface area contributed by atoms with Crippen LogP contribution >= 0.6 is 11.3 Å². The quantitative estimate of drug-likeness (QED) is 0.487. The first-order chi connectivity index (χ1) is 9.60. The first-order valence-electron chi connectivity index (χ1n) is 5.56. The second kappa shape index (κ2) is 5.53. The second-order valence-corrected chi connectivity index (χ2v) is 5.22. The average Bonchev–Trinajstić information content (AvgIpc) is 3.02. The van der Waals surface area contributed by atoms with Crippen LogP contribution < -0.4 is 11.3 Å². The summed E-state index contributed by atoms with van der Waals surface area (Å²) >= 11 is 1.32. The fourth-order valence-electron chi connectivity index (χ4n) is 1.74. The monoisotopic (exact) mass is 286 g/mol. The molecule has 8 heteroatoms. The number of hydrazine groups is 1. The molecule has 0 fully saturated rings. The highest BCUT2D eigenvalue weighted by Crippen LogP contribution is 2.23. The highest BCUT2D eigenvalue weighted by atomic mass is 32.1. The summed E-state index contributed by atoms with van der Waals surface area (Å²) in [5.74, 6) is 4.74.